The lowest BCUT2D eigenvalue weighted by molar-refractivity contribution is 0.627. The van der Waals surface area contributed by atoms with Crippen LogP contribution >= 0.6 is 11.8 Å². The zero-order valence-corrected chi connectivity index (χ0v) is 16.6. The molecule has 140 valence electrons. The Kier molecular flexibility index (Phi) is 5.96. The van der Waals surface area contributed by atoms with E-state index in [4.69, 9.17) is 9.98 Å². The Morgan fingerprint density at radius 3 is 2.67 bits per heavy atom. The molecule has 0 saturated carbocycles. The smallest absolute Gasteiger partial charge is 0.169 e. The summed E-state index contributed by atoms with van der Waals surface area (Å²) in [6.07, 6.45) is 5.42. The average Bonchev–Trinajstić information content (AvgIpc) is 3.06. The summed E-state index contributed by atoms with van der Waals surface area (Å²) in [6, 6.07) is 12.4. The number of benzene rings is 1. The first kappa shape index (κ1) is 19.2. The standard InChI is InChI=1S/C21H23FN4S/c1-5-18-20(26-13-7-6-8-19(26)24-18)25(3)21(27-4)23-15(2)14-16-9-11-17(22)12-10-16/h6-13H,2,5,14H2,1,3-4H3/b23-21-. The van der Waals surface area contributed by atoms with Crippen molar-refractivity contribution in [2.75, 3.05) is 18.2 Å². The maximum absolute atomic E-state index is 13.1. The van der Waals surface area contributed by atoms with Crippen LogP contribution < -0.4 is 4.90 Å². The van der Waals surface area contributed by atoms with E-state index in [0.29, 0.717) is 6.42 Å². The fourth-order valence-corrected chi connectivity index (χ4v) is 3.57. The molecule has 3 aromatic rings. The molecule has 0 atom stereocenters. The lowest BCUT2D eigenvalue weighted by atomic mass is 10.1. The van der Waals surface area contributed by atoms with E-state index >= 15 is 0 Å². The fourth-order valence-electron chi connectivity index (χ4n) is 2.98. The molecule has 0 unspecified atom stereocenters. The van der Waals surface area contributed by atoms with Gasteiger partial charge in [0.2, 0.25) is 0 Å². The van der Waals surface area contributed by atoms with E-state index in [1.54, 1.807) is 23.9 Å². The minimum absolute atomic E-state index is 0.239. The maximum atomic E-state index is 13.1. The third-order valence-corrected chi connectivity index (χ3v) is 5.00. The van der Waals surface area contributed by atoms with Gasteiger partial charge in [-0.05, 0) is 42.5 Å². The molecule has 0 saturated heterocycles. The fraction of sp³-hybridized carbons (Fsp3) is 0.238. The van der Waals surface area contributed by atoms with Crippen LogP contribution in [0.25, 0.3) is 5.65 Å². The Balaban J connectivity index is 1.89. The van der Waals surface area contributed by atoms with E-state index in [0.717, 1.165) is 40.0 Å². The molecule has 0 fully saturated rings. The van der Waals surface area contributed by atoms with Gasteiger partial charge in [-0.2, -0.15) is 0 Å². The topological polar surface area (TPSA) is 32.9 Å². The molecule has 27 heavy (non-hydrogen) atoms. The number of nitrogens with zero attached hydrogens (tertiary/aromatic N) is 4. The normalized spacial score (nSPS) is 11.8. The van der Waals surface area contributed by atoms with Gasteiger partial charge in [0.05, 0.1) is 5.69 Å². The molecule has 0 bridgehead atoms. The first-order valence-electron chi connectivity index (χ1n) is 8.78. The minimum atomic E-state index is -0.239. The highest BCUT2D eigenvalue weighted by atomic mass is 32.2. The summed E-state index contributed by atoms with van der Waals surface area (Å²) in [5, 5.41) is 0.836. The van der Waals surface area contributed by atoms with Crippen molar-refractivity contribution >= 4 is 28.4 Å². The summed E-state index contributed by atoms with van der Waals surface area (Å²) in [7, 11) is 2.00. The molecule has 3 rings (SSSR count). The van der Waals surface area contributed by atoms with E-state index in [1.807, 2.05) is 37.7 Å². The number of pyridine rings is 1. The summed E-state index contributed by atoms with van der Waals surface area (Å²) in [5.74, 6) is 0.771. The highest BCUT2D eigenvalue weighted by molar-refractivity contribution is 8.13. The van der Waals surface area contributed by atoms with Crippen LogP contribution in [0.1, 0.15) is 18.2 Å². The van der Waals surface area contributed by atoms with Crippen molar-refractivity contribution in [1.82, 2.24) is 9.38 Å². The number of halogens is 1. The number of hydrogen-bond acceptors (Lipinski definition) is 3. The predicted molar refractivity (Wildman–Crippen MR) is 113 cm³/mol. The molecule has 0 spiro atoms. The maximum Gasteiger partial charge on any atom is 0.169 e. The predicted octanol–water partition coefficient (Wildman–Crippen LogP) is 4.95. The van der Waals surface area contributed by atoms with Gasteiger partial charge < -0.3 is 4.90 Å². The van der Waals surface area contributed by atoms with E-state index in [2.05, 4.69) is 22.8 Å². The van der Waals surface area contributed by atoms with Crippen LogP contribution in [0.15, 0.2) is 65.9 Å². The Labute approximate surface area is 163 Å². The SMILES string of the molecule is C=C(Cc1ccc(F)cc1)/N=C(\SC)N(C)c1c(CC)nc2ccccn12. The van der Waals surface area contributed by atoms with E-state index in [-0.39, 0.29) is 5.82 Å². The second-order valence-electron chi connectivity index (χ2n) is 6.19. The zero-order valence-electron chi connectivity index (χ0n) is 15.8. The van der Waals surface area contributed by atoms with Crippen molar-refractivity contribution in [2.45, 2.75) is 19.8 Å². The van der Waals surface area contributed by atoms with Crippen LogP contribution in [-0.4, -0.2) is 27.9 Å². The molecule has 0 aliphatic carbocycles. The third-order valence-electron chi connectivity index (χ3n) is 4.27. The number of thioether (sulfide) groups is 1. The molecule has 2 aromatic heterocycles. The Hall–Kier alpha value is -2.60. The number of aliphatic imine (C=N–C) groups is 1. The van der Waals surface area contributed by atoms with Crippen molar-refractivity contribution in [3.8, 4) is 0 Å². The molecule has 2 heterocycles. The molecular formula is C21H23FN4S. The van der Waals surface area contributed by atoms with Gasteiger partial charge in [-0.3, -0.25) is 4.40 Å². The van der Waals surface area contributed by atoms with Crippen LogP contribution in [0.2, 0.25) is 0 Å². The molecular weight excluding hydrogens is 359 g/mol. The third kappa shape index (κ3) is 4.22. The van der Waals surface area contributed by atoms with Crippen molar-refractivity contribution < 1.29 is 4.39 Å². The quantitative estimate of drug-likeness (QED) is 0.462. The highest BCUT2D eigenvalue weighted by Gasteiger charge is 2.18. The van der Waals surface area contributed by atoms with Crippen molar-refractivity contribution in [3.05, 3.63) is 78.0 Å². The van der Waals surface area contributed by atoms with Crippen LogP contribution in [0.5, 0.6) is 0 Å². The van der Waals surface area contributed by atoms with Crippen molar-refractivity contribution in [2.24, 2.45) is 4.99 Å². The van der Waals surface area contributed by atoms with Gasteiger partial charge in [-0.25, -0.2) is 14.4 Å². The van der Waals surface area contributed by atoms with Gasteiger partial charge in [0, 0.05) is 25.4 Å². The molecule has 0 amide bonds. The first-order chi connectivity index (χ1) is 13.0. The first-order valence-corrected chi connectivity index (χ1v) is 10.0. The van der Waals surface area contributed by atoms with Crippen molar-refractivity contribution in [3.63, 3.8) is 0 Å². The molecule has 0 aliphatic heterocycles. The number of imidazole rings is 1. The van der Waals surface area contributed by atoms with E-state index in [1.165, 1.54) is 12.1 Å². The minimum Gasteiger partial charge on any atom is -0.308 e. The number of hydrogen-bond donors (Lipinski definition) is 0. The van der Waals surface area contributed by atoms with Crippen LogP contribution in [-0.2, 0) is 12.8 Å². The van der Waals surface area contributed by atoms with Gasteiger partial charge in [-0.15, -0.1) is 0 Å². The Morgan fingerprint density at radius 2 is 2.00 bits per heavy atom. The number of amidine groups is 1. The molecule has 0 radical (unpaired) electrons. The summed E-state index contributed by atoms with van der Waals surface area (Å²) >= 11 is 1.56. The van der Waals surface area contributed by atoms with Crippen LogP contribution in [0.3, 0.4) is 0 Å². The van der Waals surface area contributed by atoms with Crippen LogP contribution in [0.4, 0.5) is 10.2 Å². The second kappa shape index (κ2) is 8.39. The molecule has 4 nitrogen and oxygen atoms in total. The lowest BCUT2D eigenvalue weighted by Gasteiger charge is -2.21. The number of rotatable bonds is 5. The summed E-state index contributed by atoms with van der Waals surface area (Å²) in [5.41, 5.74) is 3.65. The molecule has 0 N–H and O–H groups in total. The van der Waals surface area contributed by atoms with Gasteiger partial charge in [0.25, 0.3) is 0 Å². The van der Waals surface area contributed by atoms with Crippen LogP contribution in [0, 0.1) is 5.82 Å². The molecule has 0 aliphatic rings. The van der Waals surface area contributed by atoms with Gasteiger partial charge in [0.15, 0.2) is 5.17 Å². The van der Waals surface area contributed by atoms with Crippen molar-refractivity contribution in [1.29, 1.82) is 0 Å². The number of anilines is 1. The number of fused-ring (bicyclic) bond motifs is 1. The number of aromatic nitrogens is 2. The average molecular weight is 383 g/mol. The zero-order chi connectivity index (χ0) is 19.4. The van der Waals surface area contributed by atoms with E-state index < -0.39 is 0 Å². The van der Waals surface area contributed by atoms with E-state index in [9.17, 15) is 4.39 Å². The summed E-state index contributed by atoms with van der Waals surface area (Å²) in [4.78, 5) is 11.5. The number of aryl methyl sites for hydroxylation is 1. The Morgan fingerprint density at radius 1 is 1.26 bits per heavy atom. The molecule has 1 aromatic carbocycles. The lowest BCUT2D eigenvalue weighted by Crippen LogP contribution is -2.26. The highest BCUT2D eigenvalue weighted by Crippen LogP contribution is 2.25. The monoisotopic (exact) mass is 382 g/mol. The second-order valence-corrected chi connectivity index (χ2v) is 6.96. The van der Waals surface area contributed by atoms with Gasteiger partial charge in [0.1, 0.15) is 17.3 Å². The summed E-state index contributed by atoms with van der Waals surface area (Å²) in [6.45, 7) is 6.18. The van der Waals surface area contributed by atoms with Gasteiger partial charge in [-0.1, -0.05) is 43.5 Å². The Bertz CT molecular complexity index is 976. The largest absolute Gasteiger partial charge is 0.308 e. The molecule has 6 heteroatoms. The number of allylic oxidation sites excluding steroid dienone is 1. The summed E-state index contributed by atoms with van der Waals surface area (Å²) < 4.78 is 15.2. The van der Waals surface area contributed by atoms with Gasteiger partial charge >= 0.3 is 0 Å².